The number of rotatable bonds is 4. The number of nitrogens with zero attached hydrogens (tertiary/aromatic N) is 5. The van der Waals surface area contributed by atoms with Crippen molar-refractivity contribution < 1.29 is 18.8 Å². The van der Waals surface area contributed by atoms with E-state index in [-0.39, 0.29) is 24.3 Å². The van der Waals surface area contributed by atoms with E-state index in [0.717, 1.165) is 10.5 Å². The average molecular weight is 445 g/mol. The highest BCUT2D eigenvalue weighted by Gasteiger charge is 2.35. The summed E-state index contributed by atoms with van der Waals surface area (Å²) in [5.41, 5.74) is 2.98. The second kappa shape index (κ2) is 8.09. The summed E-state index contributed by atoms with van der Waals surface area (Å²) in [7, 11) is 0. The van der Waals surface area contributed by atoms with Crippen LogP contribution in [0.2, 0.25) is 0 Å². The van der Waals surface area contributed by atoms with E-state index in [1.54, 1.807) is 47.5 Å². The molecule has 0 N–H and O–H groups in total. The van der Waals surface area contributed by atoms with Crippen molar-refractivity contribution in [2.75, 3.05) is 13.1 Å². The first-order valence-electron chi connectivity index (χ1n) is 10.5. The summed E-state index contributed by atoms with van der Waals surface area (Å²) in [6.45, 7) is 2.53. The van der Waals surface area contributed by atoms with E-state index >= 15 is 0 Å². The molecule has 8 nitrogen and oxygen atoms in total. The first-order chi connectivity index (χ1) is 15.9. The van der Waals surface area contributed by atoms with E-state index in [4.69, 9.17) is 0 Å². The summed E-state index contributed by atoms with van der Waals surface area (Å²) in [6.07, 6.45) is 4.03. The molecule has 0 spiro atoms. The third-order valence-corrected chi connectivity index (χ3v) is 5.96. The van der Waals surface area contributed by atoms with E-state index in [1.165, 1.54) is 17.7 Å². The number of carbonyl (C=O) groups is 3. The molecule has 9 heteroatoms. The van der Waals surface area contributed by atoms with Gasteiger partial charge in [-0.25, -0.2) is 9.07 Å². The molecular formula is C24H20FN5O3. The standard InChI is InChI=1S/C24H20FN5O3/c1-15(31)28-10-8-16(9-11-28)19-7-6-18(12-22(19)25)30-14-17(26-27-30)13-29-23(32)20-4-2-3-5-21(20)24(29)33/h2-8,12,14H,9-11,13H2,1H3. The number of fused-ring (bicyclic) bond motifs is 1. The first-order valence-corrected chi connectivity index (χ1v) is 10.5. The van der Waals surface area contributed by atoms with Crippen molar-refractivity contribution in [3.05, 3.63) is 82.9 Å². The van der Waals surface area contributed by atoms with Crippen molar-refractivity contribution >= 4 is 23.3 Å². The lowest BCUT2D eigenvalue weighted by Gasteiger charge is -2.25. The molecule has 33 heavy (non-hydrogen) atoms. The van der Waals surface area contributed by atoms with Gasteiger partial charge in [0.1, 0.15) is 11.5 Å². The third kappa shape index (κ3) is 3.71. The van der Waals surface area contributed by atoms with Crippen LogP contribution in [0.4, 0.5) is 4.39 Å². The van der Waals surface area contributed by atoms with Crippen LogP contribution in [0.25, 0.3) is 11.3 Å². The van der Waals surface area contributed by atoms with Gasteiger partial charge in [0.05, 0.1) is 29.6 Å². The van der Waals surface area contributed by atoms with Crippen molar-refractivity contribution in [2.24, 2.45) is 0 Å². The van der Waals surface area contributed by atoms with Crippen LogP contribution < -0.4 is 0 Å². The van der Waals surface area contributed by atoms with Gasteiger partial charge in [0.2, 0.25) is 5.91 Å². The highest BCUT2D eigenvalue weighted by atomic mass is 19.1. The summed E-state index contributed by atoms with van der Waals surface area (Å²) in [5, 5.41) is 8.08. The van der Waals surface area contributed by atoms with Gasteiger partial charge < -0.3 is 4.90 Å². The summed E-state index contributed by atoms with van der Waals surface area (Å²) in [6, 6.07) is 11.5. The fourth-order valence-corrected chi connectivity index (χ4v) is 4.15. The van der Waals surface area contributed by atoms with Crippen molar-refractivity contribution in [3.8, 4) is 5.69 Å². The van der Waals surface area contributed by atoms with Crippen molar-refractivity contribution in [1.29, 1.82) is 0 Å². The van der Waals surface area contributed by atoms with E-state index in [2.05, 4.69) is 10.3 Å². The second-order valence-corrected chi connectivity index (χ2v) is 8.01. The number of aromatic nitrogens is 3. The first kappa shape index (κ1) is 20.7. The minimum Gasteiger partial charge on any atom is -0.339 e. The van der Waals surface area contributed by atoms with Gasteiger partial charge in [0.25, 0.3) is 11.8 Å². The Morgan fingerprint density at radius 1 is 1.06 bits per heavy atom. The molecule has 2 aliphatic heterocycles. The molecule has 0 atom stereocenters. The van der Waals surface area contributed by atoms with Gasteiger partial charge in [-0.2, -0.15) is 0 Å². The van der Waals surface area contributed by atoms with Gasteiger partial charge in [0, 0.05) is 31.6 Å². The lowest BCUT2D eigenvalue weighted by Crippen LogP contribution is -2.32. The van der Waals surface area contributed by atoms with Gasteiger partial charge in [0.15, 0.2) is 0 Å². The maximum absolute atomic E-state index is 14.9. The summed E-state index contributed by atoms with van der Waals surface area (Å²) < 4.78 is 16.3. The van der Waals surface area contributed by atoms with Gasteiger partial charge in [-0.3, -0.25) is 19.3 Å². The quantitative estimate of drug-likeness (QED) is 0.577. The molecule has 166 valence electrons. The van der Waals surface area contributed by atoms with Gasteiger partial charge >= 0.3 is 0 Å². The largest absolute Gasteiger partial charge is 0.339 e. The Bertz CT molecular complexity index is 1290. The SMILES string of the molecule is CC(=O)N1CC=C(c2ccc(-n3cc(CN4C(=O)c5ccccc5C4=O)nn3)cc2F)CC1. The zero-order chi connectivity index (χ0) is 23.1. The zero-order valence-electron chi connectivity index (χ0n) is 17.9. The van der Waals surface area contributed by atoms with Crippen molar-refractivity contribution in [3.63, 3.8) is 0 Å². The fraction of sp³-hybridized carbons (Fsp3) is 0.208. The number of hydrogen-bond acceptors (Lipinski definition) is 5. The molecule has 0 radical (unpaired) electrons. The Labute approximate surface area is 188 Å². The van der Waals surface area contributed by atoms with Crippen LogP contribution in [0.5, 0.6) is 0 Å². The molecule has 0 bridgehead atoms. The maximum atomic E-state index is 14.9. The Balaban J connectivity index is 1.33. The van der Waals surface area contributed by atoms with Crippen LogP contribution in [-0.2, 0) is 11.3 Å². The molecule has 2 aromatic carbocycles. The molecular weight excluding hydrogens is 425 g/mol. The van der Waals surface area contributed by atoms with Gasteiger partial charge in [-0.05, 0) is 36.3 Å². The predicted octanol–water partition coefficient (Wildman–Crippen LogP) is 2.84. The maximum Gasteiger partial charge on any atom is 0.261 e. The Morgan fingerprint density at radius 2 is 1.79 bits per heavy atom. The minimum atomic E-state index is -0.396. The topological polar surface area (TPSA) is 88.4 Å². The Hall–Kier alpha value is -4.14. The monoisotopic (exact) mass is 445 g/mol. The second-order valence-electron chi connectivity index (χ2n) is 8.01. The smallest absolute Gasteiger partial charge is 0.261 e. The highest BCUT2D eigenvalue weighted by Crippen LogP contribution is 2.27. The molecule has 0 saturated heterocycles. The minimum absolute atomic E-state index is 0.00400. The van der Waals surface area contributed by atoms with Crippen LogP contribution in [0.3, 0.4) is 0 Å². The number of hydrogen-bond donors (Lipinski definition) is 0. The van der Waals surface area contributed by atoms with Crippen molar-refractivity contribution in [2.45, 2.75) is 19.9 Å². The van der Waals surface area contributed by atoms with E-state index < -0.39 is 5.82 Å². The predicted molar refractivity (Wildman–Crippen MR) is 117 cm³/mol. The number of imide groups is 1. The summed E-state index contributed by atoms with van der Waals surface area (Å²) >= 11 is 0. The van der Waals surface area contributed by atoms with E-state index in [1.807, 2.05) is 6.08 Å². The number of halogens is 1. The normalized spacial score (nSPS) is 15.6. The molecule has 3 aromatic rings. The van der Waals surface area contributed by atoms with Crippen LogP contribution >= 0.6 is 0 Å². The fourth-order valence-electron chi connectivity index (χ4n) is 4.15. The summed E-state index contributed by atoms with van der Waals surface area (Å²) in [5.74, 6) is -1.13. The molecule has 0 fully saturated rings. The molecule has 3 heterocycles. The Morgan fingerprint density at radius 3 is 2.39 bits per heavy atom. The van der Waals surface area contributed by atoms with E-state index in [0.29, 0.717) is 47.6 Å². The summed E-state index contributed by atoms with van der Waals surface area (Å²) in [4.78, 5) is 39.4. The molecule has 3 amide bonds. The number of amides is 3. The molecule has 0 unspecified atom stereocenters. The molecule has 5 rings (SSSR count). The lowest BCUT2D eigenvalue weighted by atomic mass is 9.98. The highest BCUT2D eigenvalue weighted by molar-refractivity contribution is 6.21. The average Bonchev–Trinajstić information content (AvgIpc) is 3.39. The lowest BCUT2D eigenvalue weighted by molar-refractivity contribution is -0.128. The molecule has 1 aromatic heterocycles. The van der Waals surface area contributed by atoms with Gasteiger partial charge in [-0.15, -0.1) is 5.10 Å². The number of benzene rings is 2. The van der Waals surface area contributed by atoms with Crippen LogP contribution in [0.15, 0.2) is 54.7 Å². The number of carbonyl (C=O) groups excluding carboxylic acids is 3. The van der Waals surface area contributed by atoms with Crippen LogP contribution in [0, 0.1) is 5.82 Å². The van der Waals surface area contributed by atoms with Crippen LogP contribution in [0.1, 0.15) is 45.3 Å². The van der Waals surface area contributed by atoms with Crippen LogP contribution in [-0.4, -0.2) is 55.6 Å². The third-order valence-electron chi connectivity index (χ3n) is 5.96. The molecule has 2 aliphatic rings. The van der Waals surface area contributed by atoms with E-state index in [9.17, 15) is 18.8 Å². The Kier molecular flexibility index (Phi) is 5.08. The van der Waals surface area contributed by atoms with Crippen molar-refractivity contribution in [1.82, 2.24) is 24.8 Å². The van der Waals surface area contributed by atoms with Gasteiger partial charge in [-0.1, -0.05) is 23.4 Å². The molecule has 0 aliphatic carbocycles. The zero-order valence-corrected chi connectivity index (χ0v) is 17.9. The molecule has 0 saturated carbocycles.